The van der Waals surface area contributed by atoms with Gasteiger partial charge in [0, 0.05) is 23.9 Å². The number of ether oxygens (including phenoxy) is 1. The van der Waals surface area contributed by atoms with E-state index < -0.39 is 0 Å². The molecule has 4 heteroatoms. The van der Waals surface area contributed by atoms with E-state index in [-0.39, 0.29) is 11.4 Å². The predicted molar refractivity (Wildman–Crippen MR) is 96.7 cm³/mol. The van der Waals surface area contributed by atoms with Gasteiger partial charge in [-0.3, -0.25) is 9.59 Å². The zero-order valence-electron chi connectivity index (χ0n) is 13.5. The lowest BCUT2D eigenvalue weighted by Crippen LogP contribution is -2.02. The molecule has 25 heavy (non-hydrogen) atoms. The number of carbonyl (C=O) groups excluding carboxylic acids is 1. The number of hydrogen-bond donors (Lipinski definition) is 0. The summed E-state index contributed by atoms with van der Waals surface area (Å²) in [6.07, 6.45) is 0. The highest BCUT2D eigenvalue weighted by Gasteiger charge is 2.10. The molecule has 4 aromatic rings. The standard InChI is InChI=1S/C21H14O4/c1-13(22)24-16-9-6-15(7-10-16)20-12-19(23)18-11-8-14-4-2-3-5-17(14)21(18)25-20/h2-12H,1H3. The van der Waals surface area contributed by atoms with Crippen LogP contribution in [0.4, 0.5) is 0 Å². The molecule has 1 heterocycles. The molecule has 0 saturated carbocycles. The maximum absolute atomic E-state index is 12.5. The molecular weight excluding hydrogens is 316 g/mol. The van der Waals surface area contributed by atoms with Gasteiger partial charge in [-0.25, -0.2) is 0 Å². The maximum atomic E-state index is 12.5. The van der Waals surface area contributed by atoms with Gasteiger partial charge >= 0.3 is 5.97 Å². The van der Waals surface area contributed by atoms with E-state index in [0.717, 1.165) is 16.3 Å². The van der Waals surface area contributed by atoms with Crippen LogP contribution < -0.4 is 10.2 Å². The molecule has 4 rings (SSSR count). The lowest BCUT2D eigenvalue weighted by Gasteiger charge is -2.07. The summed E-state index contributed by atoms with van der Waals surface area (Å²) in [7, 11) is 0. The highest BCUT2D eigenvalue weighted by atomic mass is 16.5. The van der Waals surface area contributed by atoms with Crippen LogP contribution in [0.25, 0.3) is 33.1 Å². The first-order valence-corrected chi connectivity index (χ1v) is 7.86. The second-order valence-electron chi connectivity index (χ2n) is 5.76. The van der Waals surface area contributed by atoms with Crippen LogP contribution in [0.15, 0.2) is 75.9 Å². The van der Waals surface area contributed by atoms with Crippen LogP contribution in [0.2, 0.25) is 0 Å². The van der Waals surface area contributed by atoms with Crippen LogP contribution in [0.5, 0.6) is 5.75 Å². The minimum Gasteiger partial charge on any atom is -0.455 e. The second-order valence-corrected chi connectivity index (χ2v) is 5.76. The van der Waals surface area contributed by atoms with Crippen molar-refractivity contribution in [3.05, 3.63) is 77.0 Å². The summed E-state index contributed by atoms with van der Waals surface area (Å²) >= 11 is 0. The molecule has 0 atom stereocenters. The monoisotopic (exact) mass is 330 g/mol. The third-order valence-corrected chi connectivity index (χ3v) is 4.02. The normalized spacial score (nSPS) is 10.9. The molecular formula is C21H14O4. The van der Waals surface area contributed by atoms with E-state index in [0.29, 0.717) is 22.5 Å². The first kappa shape index (κ1) is 15.1. The molecule has 0 bridgehead atoms. The molecule has 0 radical (unpaired) electrons. The van der Waals surface area contributed by atoms with Crippen molar-refractivity contribution >= 4 is 27.7 Å². The Labute approximate surface area is 143 Å². The lowest BCUT2D eigenvalue weighted by molar-refractivity contribution is -0.131. The van der Waals surface area contributed by atoms with Gasteiger partial charge in [-0.15, -0.1) is 0 Å². The summed E-state index contributed by atoms with van der Waals surface area (Å²) in [5.41, 5.74) is 1.22. The van der Waals surface area contributed by atoms with Crippen LogP contribution in [0, 0.1) is 0 Å². The maximum Gasteiger partial charge on any atom is 0.308 e. The molecule has 0 aliphatic heterocycles. The molecule has 3 aromatic carbocycles. The minimum absolute atomic E-state index is 0.0916. The van der Waals surface area contributed by atoms with Crippen molar-refractivity contribution in [3.63, 3.8) is 0 Å². The van der Waals surface area contributed by atoms with Gasteiger partial charge in [0.1, 0.15) is 17.1 Å². The molecule has 1 aromatic heterocycles. The van der Waals surface area contributed by atoms with E-state index >= 15 is 0 Å². The fourth-order valence-corrected chi connectivity index (χ4v) is 2.88. The van der Waals surface area contributed by atoms with E-state index in [1.165, 1.54) is 13.0 Å². The van der Waals surface area contributed by atoms with Crippen LogP contribution in [0.3, 0.4) is 0 Å². The predicted octanol–water partition coefficient (Wildman–Crippen LogP) is 4.54. The first-order valence-electron chi connectivity index (χ1n) is 7.86. The molecule has 122 valence electrons. The summed E-state index contributed by atoms with van der Waals surface area (Å²) in [5.74, 6) is 0.546. The summed E-state index contributed by atoms with van der Waals surface area (Å²) in [6.45, 7) is 1.35. The van der Waals surface area contributed by atoms with Gasteiger partial charge < -0.3 is 9.15 Å². The third kappa shape index (κ3) is 2.78. The van der Waals surface area contributed by atoms with Crippen molar-refractivity contribution in [1.82, 2.24) is 0 Å². The topological polar surface area (TPSA) is 56.5 Å². The summed E-state index contributed by atoms with van der Waals surface area (Å²) in [4.78, 5) is 23.5. The van der Waals surface area contributed by atoms with Gasteiger partial charge in [0.2, 0.25) is 0 Å². The Balaban J connectivity index is 1.89. The average molecular weight is 330 g/mol. The van der Waals surface area contributed by atoms with Crippen molar-refractivity contribution in [3.8, 4) is 17.1 Å². The molecule has 0 unspecified atom stereocenters. The van der Waals surface area contributed by atoms with Gasteiger partial charge in [0.05, 0.1) is 5.39 Å². The van der Waals surface area contributed by atoms with Gasteiger partial charge in [0.25, 0.3) is 0 Å². The molecule has 0 aliphatic rings. The smallest absolute Gasteiger partial charge is 0.308 e. The lowest BCUT2D eigenvalue weighted by atomic mass is 10.1. The Morgan fingerprint density at radius 2 is 1.68 bits per heavy atom. The molecule has 4 nitrogen and oxygen atoms in total. The van der Waals surface area contributed by atoms with Crippen molar-refractivity contribution < 1.29 is 13.9 Å². The zero-order chi connectivity index (χ0) is 17.4. The quantitative estimate of drug-likeness (QED) is 0.308. The van der Waals surface area contributed by atoms with Gasteiger partial charge in [-0.2, -0.15) is 0 Å². The molecule has 0 saturated heterocycles. The SMILES string of the molecule is CC(=O)Oc1ccc(-c2cc(=O)c3ccc4ccccc4c3o2)cc1. The van der Waals surface area contributed by atoms with Crippen LogP contribution in [-0.2, 0) is 4.79 Å². The van der Waals surface area contributed by atoms with Gasteiger partial charge in [-0.1, -0.05) is 30.3 Å². The van der Waals surface area contributed by atoms with Crippen molar-refractivity contribution in [2.75, 3.05) is 0 Å². The number of carbonyl (C=O) groups is 1. The fourth-order valence-electron chi connectivity index (χ4n) is 2.88. The Bertz CT molecular complexity index is 1150. The number of esters is 1. The van der Waals surface area contributed by atoms with Crippen molar-refractivity contribution in [1.29, 1.82) is 0 Å². The van der Waals surface area contributed by atoms with E-state index in [1.807, 2.05) is 30.3 Å². The molecule has 0 N–H and O–H groups in total. The van der Waals surface area contributed by atoms with Gasteiger partial charge in [-0.05, 0) is 35.7 Å². The molecule has 0 spiro atoms. The highest BCUT2D eigenvalue weighted by Crippen LogP contribution is 2.28. The van der Waals surface area contributed by atoms with E-state index in [1.54, 1.807) is 30.3 Å². The number of fused-ring (bicyclic) bond motifs is 3. The Kier molecular flexibility index (Phi) is 3.58. The van der Waals surface area contributed by atoms with Crippen LogP contribution in [-0.4, -0.2) is 5.97 Å². The zero-order valence-corrected chi connectivity index (χ0v) is 13.5. The molecule has 0 fully saturated rings. The summed E-state index contributed by atoms with van der Waals surface area (Å²) in [6, 6.07) is 19.8. The van der Waals surface area contributed by atoms with Crippen LogP contribution >= 0.6 is 0 Å². The average Bonchev–Trinajstić information content (AvgIpc) is 2.61. The Morgan fingerprint density at radius 1 is 0.920 bits per heavy atom. The molecule has 0 aliphatic carbocycles. The van der Waals surface area contributed by atoms with E-state index in [2.05, 4.69) is 0 Å². The summed E-state index contributed by atoms with van der Waals surface area (Å²) < 4.78 is 11.1. The highest BCUT2D eigenvalue weighted by molar-refractivity contribution is 6.04. The Morgan fingerprint density at radius 3 is 2.44 bits per heavy atom. The van der Waals surface area contributed by atoms with Crippen molar-refractivity contribution in [2.24, 2.45) is 0 Å². The van der Waals surface area contributed by atoms with Gasteiger partial charge in [0.15, 0.2) is 5.43 Å². The van der Waals surface area contributed by atoms with Crippen molar-refractivity contribution in [2.45, 2.75) is 6.92 Å². The Hall–Kier alpha value is -3.40. The fraction of sp³-hybridized carbons (Fsp3) is 0.0476. The third-order valence-electron chi connectivity index (χ3n) is 4.02. The second kappa shape index (κ2) is 5.91. The summed E-state index contributed by atoms with van der Waals surface area (Å²) in [5, 5.41) is 2.47. The first-order chi connectivity index (χ1) is 12.1. The number of rotatable bonds is 2. The van der Waals surface area contributed by atoms with E-state index in [4.69, 9.17) is 9.15 Å². The number of hydrogen-bond acceptors (Lipinski definition) is 4. The van der Waals surface area contributed by atoms with Crippen LogP contribution in [0.1, 0.15) is 6.92 Å². The number of benzene rings is 3. The minimum atomic E-state index is -0.378. The largest absolute Gasteiger partial charge is 0.455 e. The van der Waals surface area contributed by atoms with E-state index in [9.17, 15) is 9.59 Å². The molecule has 0 amide bonds.